The summed E-state index contributed by atoms with van der Waals surface area (Å²) in [6, 6.07) is 0.241. The summed E-state index contributed by atoms with van der Waals surface area (Å²) in [7, 11) is 0. The highest BCUT2D eigenvalue weighted by Gasteiger charge is 2.22. The molecule has 0 radical (unpaired) electrons. The largest absolute Gasteiger partial charge is 0.392 e. The average Bonchev–Trinajstić information content (AvgIpc) is 2.69. The van der Waals surface area contributed by atoms with Crippen molar-refractivity contribution < 1.29 is 5.11 Å². The van der Waals surface area contributed by atoms with Crippen LogP contribution in [0.2, 0.25) is 0 Å². The molecule has 4 nitrogen and oxygen atoms in total. The van der Waals surface area contributed by atoms with E-state index >= 15 is 0 Å². The first-order chi connectivity index (χ1) is 6.86. The molecule has 0 spiro atoms. The third kappa shape index (κ3) is 2.50. The van der Waals surface area contributed by atoms with Gasteiger partial charge in [-0.2, -0.15) is 8.75 Å². The molecule has 1 saturated carbocycles. The number of aliphatic hydroxyl groups excluding tert-OH is 1. The second-order valence-corrected chi connectivity index (χ2v) is 4.29. The summed E-state index contributed by atoms with van der Waals surface area (Å²) in [6.07, 6.45) is 5.94. The predicted octanol–water partition coefficient (Wildman–Crippen LogP) is 0.931. The van der Waals surface area contributed by atoms with E-state index in [0.29, 0.717) is 0 Å². The molecule has 2 N–H and O–H groups in total. The van der Waals surface area contributed by atoms with Crippen LogP contribution in [0.15, 0.2) is 6.20 Å². The summed E-state index contributed by atoms with van der Waals surface area (Å²) in [4.78, 5) is 0. The minimum atomic E-state index is -0.185. The fraction of sp³-hybridized carbons (Fsp3) is 0.778. The number of rotatable bonds is 3. The van der Waals surface area contributed by atoms with Crippen LogP contribution in [0.25, 0.3) is 0 Å². The van der Waals surface area contributed by atoms with E-state index in [9.17, 15) is 5.11 Å². The van der Waals surface area contributed by atoms with Crippen molar-refractivity contribution in [1.82, 2.24) is 14.1 Å². The van der Waals surface area contributed by atoms with Crippen molar-refractivity contribution in [3.8, 4) is 0 Å². The number of nitrogens with zero attached hydrogens (tertiary/aromatic N) is 2. The maximum absolute atomic E-state index is 9.70. The minimum Gasteiger partial charge on any atom is -0.392 e. The molecule has 1 heterocycles. The standard InChI is InChI=1S/C9H15N3OS/c13-9-4-2-1-3-8(9)10-5-7-6-11-14-12-7/h6,8-10,13H,1-5H2. The molecule has 5 heteroatoms. The molecule has 0 bridgehead atoms. The highest BCUT2D eigenvalue weighted by molar-refractivity contribution is 6.99. The molecule has 2 unspecified atom stereocenters. The van der Waals surface area contributed by atoms with Gasteiger partial charge in [-0.05, 0) is 12.8 Å². The van der Waals surface area contributed by atoms with Crippen LogP contribution in [0.1, 0.15) is 31.4 Å². The molecule has 1 aliphatic rings. The van der Waals surface area contributed by atoms with Crippen molar-refractivity contribution in [3.05, 3.63) is 11.9 Å². The van der Waals surface area contributed by atoms with E-state index in [4.69, 9.17) is 0 Å². The Morgan fingerprint density at radius 2 is 2.36 bits per heavy atom. The van der Waals surface area contributed by atoms with Crippen LogP contribution in [0, 0.1) is 0 Å². The van der Waals surface area contributed by atoms with Crippen LogP contribution in [-0.4, -0.2) is 26.0 Å². The van der Waals surface area contributed by atoms with Gasteiger partial charge in [0.2, 0.25) is 0 Å². The molecule has 1 aromatic heterocycles. The van der Waals surface area contributed by atoms with Crippen molar-refractivity contribution >= 4 is 11.7 Å². The van der Waals surface area contributed by atoms with Crippen LogP contribution in [0.5, 0.6) is 0 Å². The normalized spacial score (nSPS) is 27.8. The van der Waals surface area contributed by atoms with Crippen LogP contribution >= 0.6 is 11.7 Å². The number of hydrogen-bond donors (Lipinski definition) is 2. The zero-order valence-corrected chi connectivity index (χ0v) is 8.83. The zero-order valence-electron chi connectivity index (χ0n) is 8.02. The highest BCUT2D eigenvalue weighted by Crippen LogP contribution is 2.18. The first-order valence-corrected chi connectivity index (χ1v) is 5.77. The Balaban J connectivity index is 1.79. The van der Waals surface area contributed by atoms with Crippen molar-refractivity contribution in [2.45, 2.75) is 44.4 Å². The maximum atomic E-state index is 9.70. The Hall–Kier alpha value is -0.520. The lowest BCUT2D eigenvalue weighted by atomic mass is 9.92. The van der Waals surface area contributed by atoms with E-state index in [1.54, 1.807) is 6.20 Å². The summed E-state index contributed by atoms with van der Waals surface area (Å²) in [5, 5.41) is 13.0. The van der Waals surface area contributed by atoms with Gasteiger partial charge in [-0.3, -0.25) is 0 Å². The second kappa shape index (κ2) is 4.82. The van der Waals surface area contributed by atoms with Gasteiger partial charge >= 0.3 is 0 Å². The summed E-state index contributed by atoms with van der Waals surface area (Å²) in [5.41, 5.74) is 0.966. The Kier molecular flexibility index (Phi) is 3.44. The van der Waals surface area contributed by atoms with E-state index in [2.05, 4.69) is 14.1 Å². The van der Waals surface area contributed by atoms with Crippen LogP contribution < -0.4 is 5.32 Å². The van der Waals surface area contributed by atoms with E-state index in [1.807, 2.05) is 0 Å². The molecule has 78 valence electrons. The van der Waals surface area contributed by atoms with Gasteiger partial charge in [-0.15, -0.1) is 0 Å². The van der Waals surface area contributed by atoms with Gasteiger partial charge in [0, 0.05) is 12.6 Å². The average molecular weight is 213 g/mol. The number of nitrogens with one attached hydrogen (secondary N) is 1. The predicted molar refractivity (Wildman–Crippen MR) is 55.0 cm³/mol. The van der Waals surface area contributed by atoms with Gasteiger partial charge in [-0.25, -0.2) is 0 Å². The first kappa shape index (κ1) is 10.0. The summed E-state index contributed by atoms with van der Waals surface area (Å²) in [6.45, 7) is 0.720. The fourth-order valence-electron chi connectivity index (χ4n) is 1.85. The quantitative estimate of drug-likeness (QED) is 0.784. The zero-order chi connectivity index (χ0) is 9.80. The number of aliphatic hydroxyl groups is 1. The molecule has 0 amide bonds. The topological polar surface area (TPSA) is 58.0 Å². The van der Waals surface area contributed by atoms with Gasteiger partial charge < -0.3 is 10.4 Å². The van der Waals surface area contributed by atoms with E-state index in [-0.39, 0.29) is 12.1 Å². The molecular weight excluding hydrogens is 198 g/mol. The third-order valence-corrected chi connectivity index (χ3v) is 3.20. The van der Waals surface area contributed by atoms with Gasteiger partial charge in [-0.1, -0.05) is 12.8 Å². The Morgan fingerprint density at radius 3 is 3.07 bits per heavy atom. The molecular formula is C9H15N3OS. The molecule has 0 aliphatic heterocycles. The van der Waals surface area contributed by atoms with E-state index < -0.39 is 0 Å². The fourth-order valence-corrected chi connectivity index (χ4v) is 2.28. The molecule has 0 saturated heterocycles. The van der Waals surface area contributed by atoms with E-state index in [0.717, 1.165) is 31.5 Å². The monoisotopic (exact) mass is 213 g/mol. The first-order valence-electron chi connectivity index (χ1n) is 5.04. The number of hydrogen-bond acceptors (Lipinski definition) is 5. The van der Waals surface area contributed by atoms with Crippen molar-refractivity contribution in [1.29, 1.82) is 0 Å². The number of aromatic nitrogens is 2. The lowest BCUT2D eigenvalue weighted by Crippen LogP contribution is -2.41. The van der Waals surface area contributed by atoms with Gasteiger partial charge in [0.15, 0.2) is 0 Å². The van der Waals surface area contributed by atoms with Crippen molar-refractivity contribution in [3.63, 3.8) is 0 Å². The lowest BCUT2D eigenvalue weighted by molar-refractivity contribution is 0.0901. The smallest absolute Gasteiger partial charge is 0.0880 e. The summed E-state index contributed by atoms with van der Waals surface area (Å²) < 4.78 is 8.05. The maximum Gasteiger partial charge on any atom is 0.0880 e. The SMILES string of the molecule is OC1CCCCC1NCc1cnsn1. The Morgan fingerprint density at radius 1 is 1.50 bits per heavy atom. The third-order valence-electron chi connectivity index (χ3n) is 2.68. The van der Waals surface area contributed by atoms with Gasteiger partial charge in [0.05, 0.1) is 29.7 Å². The molecule has 2 rings (SSSR count). The summed E-state index contributed by atoms with van der Waals surface area (Å²) >= 11 is 1.22. The summed E-state index contributed by atoms with van der Waals surface area (Å²) in [5.74, 6) is 0. The Labute approximate surface area is 87.7 Å². The molecule has 1 aromatic rings. The van der Waals surface area contributed by atoms with Gasteiger partial charge in [0.25, 0.3) is 0 Å². The van der Waals surface area contributed by atoms with Crippen LogP contribution in [0.4, 0.5) is 0 Å². The van der Waals surface area contributed by atoms with Gasteiger partial charge in [0.1, 0.15) is 0 Å². The molecule has 1 aliphatic carbocycles. The molecule has 0 aromatic carbocycles. The van der Waals surface area contributed by atoms with Crippen molar-refractivity contribution in [2.24, 2.45) is 0 Å². The molecule has 14 heavy (non-hydrogen) atoms. The Bertz CT molecular complexity index is 265. The van der Waals surface area contributed by atoms with Crippen LogP contribution in [-0.2, 0) is 6.54 Å². The van der Waals surface area contributed by atoms with Crippen molar-refractivity contribution in [2.75, 3.05) is 0 Å². The van der Waals surface area contributed by atoms with E-state index in [1.165, 1.54) is 18.1 Å². The highest BCUT2D eigenvalue weighted by atomic mass is 32.1. The lowest BCUT2D eigenvalue weighted by Gasteiger charge is -2.28. The van der Waals surface area contributed by atoms with Crippen LogP contribution in [0.3, 0.4) is 0 Å². The molecule has 2 atom stereocenters. The molecule has 1 fully saturated rings. The second-order valence-electron chi connectivity index (χ2n) is 3.74. The minimum absolute atomic E-state index is 0.185.